The van der Waals surface area contributed by atoms with Crippen molar-refractivity contribution in [3.63, 3.8) is 0 Å². The molecule has 1 heterocycles. The highest BCUT2D eigenvalue weighted by atomic mass is 19.1. The van der Waals surface area contributed by atoms with Crippen LogP contribution in [0.15, 0.2) is 42.7 Å². The molecule has 0 fully saturated rings. The van der Waals surface area contributed by atoms with Crippen molar-refractivity contribution in [2.45, 2.75) is 13.0 Å². The third-order valence-electron chi connectivity index (χ3n) is 2.53. The Bertz CT molecular complexity index is 485. The Balaban J connectivity index is 2.38. The van der Waals surface area contributed by atoms with E-state index in [2.05, 4.69) is 4.98 Å². The SMILES string of the molecule is Cc1cc(F)ccc1C(O)c1cccnc1. The van der Waals surface area contributed by atoms with Crippen LogP contribution in [0.1, 0.15) is 22.8 Å². The largest absolute Gasteiger partial charge is 0.384 e. The van der Waals surface area contributed by atoms with Crippen LogP contribution >= 0.6 is 0 Å². The summed E-state index contributed by atoms with van der Waals surface area (Å²) in [6.45, 7) is 1.78. The van der Waals surface area contributed by atoms with Gasteiger partial charge >= 0.3 is 0 Å². The minimum absolute atomic E-state index is 0.292. The van der Waals surface area contributed by atoms with E-state index < -0.39 is 6.10 Å². The molecular weight excluding hydrogens is 205 g/mol. The fourth-order valence-corrected chi connectivity index (χ4v) is 1.66. The lowest BCUT2D eigenvalue weighted by Crippen LogP contribution is -2.02. The summed E-state index contributed by atoms with van der Waals surface area (Å²) in [5.74, 6) is -0.292. The van der Waals surface area contributed by atoms with Gasteiger partial charge in [0.05, 0.1) is 0 Å². The fourth-order valence-electron chi connectivity index (χ4n) is 1.66. The van der Waals surface area contributed by atoms with E-state index in [1.54, 1.807) is 37.5 Å². The van der Waals surface area contributed by atoms with Gasteiger partial charge in [-0.2, -0.15) is 0 Å². The summed E-state index contributed by atoms with van der Waals surface area (Å²) in [6, 6.07) is 7.91. The quantitative estimate of drug-likeness (QED) is 0.838. The number of pyridine rings is 1. The summed E-state index contributed by atoms with van der Waals surface area (Å²) in [4.78, 5) is 3.94. The number of benzene rings is 1. The molecule has 1 atom stereocenters. The fraction of sp³-hybridized carbons (Fsp3) is 0.154. The lowest BCUT2D eigenvalue weighted by Gasteiger charge is -2.13. The van der Waals surface area contributed by atoms with Gasteiger partial charge in [0.15, 0.2) is 0 Å². The van der Waals surface area contributed by atoms with Crippen LogP contribution in [-0.2, 0) is 0 Å². The van der Waals surface area contributed by atoms with Crippen LogP contribution in [0.4, 0.5) is 4.39 Å². The van der Waals surface area contributed by atoms with E-state index in [9.17, 15) is 9.50 Å². The molecule has 2 rings (SSSR count). The molecule has 0 bridgehead atoms. The Labute approximate surface area is 93.4 Å². The van der Waals surface area contributed by atoms with Gasteiger partial charge in [0.25, 0.3) is 0 Å². The summed E-state index contributed by atoms with van der Waals surface area (Å²) in [5.41, 5.74) is 2.14. The molecular formula is C13H12FNO. The van der Waals surface area contributed by atoms with E-state index in [0.717, 1.165) is 5.56 Å². The maximum absolute atomic E-state index is 12.9. The van der Waals surface area contributed by atoms with Crippen LogP contribution in [0.25, 0.3) is 0 Å². The number of aryl methyl sites for hydroxylation is 1. The molecule has 0 aliphatic heterocycles. The molecule has 16 heavy (non-hydrogen) atoms. The second-order valence-electron chi connectivity index (χ2n) is 3.69. The number of halogens is 1. The maximum Gasteiger partial charge on any atom is 0.123 e. The molecule has 2 aromatic rings. The Kier molecular flexibility index (Phi) is 2.97. The van der Waals surface area contributed by atoms with Gasteiger partial charge in [-0.25, -0.2) is 4.39 Å². The van der Waals surface area contributed by atoms with Crippen molar-refractivity contribution in [3.05, 3.63) is 65.2 Å². The van der Waals surface area contributed by atoms with E-state index in [1.165, 1.54) is 12.1 Å². The van der Waals surface area contributed by atoms with Gasteiger partial charge in [-0.05, 0) is 36.2 Å². The summed E-state index contributed by atoms with van der Waals surface area (Å²) < 4.78 is 12.9. The van der Waals surface area contributed by atoms with Crippen LogP contribution in [0.2, 0.25) is 0 Å². The van der Waals surface area contributed by atoms with Gasteiger partial charge in [0.2, 0.25) is 0 Å². The molecule has 1 aromatic carbocycles. The van der Waals surface area contributed by atoms with Crippen LogP contribution in [0, 0.1) is 12.7 Å². The summed E-state index contributed by atoms with van der Waals surface area (Å²) in [6.07, 6.45) is 2.50. The predicted octanol–water partition coefficient (Wildman–Crippen LogP) is 2.61. The molecule has 0 saturated carbocycles. The van der Waals surface area contributed by atoms with Crippen molar-refractivity contribution in [1.82, 2.24) is 4.98 Å². The van der Waals surface area contributed by atoms with Crippen molar-refractivity contribution in [2.75, 3.05) is 0 Å². The van der Waals surface area contributed by atoms with Gasteiger partial charge in [-0.3, -0.25) is 4.98 Å². The van der Waals surface area contributed by atoms with E-state index in [4.69, 9.17) is 0 Å². The standard InChI is InChI=1S/C13H12FNO/c1-9-7-11(14)4-5-12(9)13(16)10-3-2-6-15-8-10/h2-8,13,16H,1H3. The summed E-state index contributed by atoms with van der Waals surface area (Å²) in [5, 5.41) is 10.1. The molecule has 2 nitrogen and oxygen atoms in total. The van der Waals surface area contributed by atoms with Gasteiger partial charge in [0.1, 0.15) is 11.9 Å². The van der Waals surface area contributed by atoms with Gasteiger partial charge in [0, 0.05) is 18.0 Å². The minimum Gasteiger partial charge on any atom is -0.384 e. The first kappa shape index (κ1) is 10.8. The number of rotatable bonds is 2. The van der Waals surface area contributed by atoms with Crippen molar-refractivity contribution >= 4 is 0 Å². The Hall–Kier alpha value is -1.74. The summed E-state index contributed by atoms with van der Waals surface area (Å²) in [7, 11) is 0. The third kappa shape index (κ3) is 2.09. The van der Waals surface area contributed by atoms with Crippen molar-refractivity contribution in [2.24, 2.45) is 0 Å². The van der Waals surface area contributed by atoms with E-state index in [0.29, 0.717) is 11.1 Å². The number of nitrogens with zero attached hydrogens (tertiary/aromatic N) is 1. The third-order valence-corrected chi connectivity index (χ3v) is 2.53. The second kappa shape index (κ2) is 4.41. The molecule has 0 saturated heterocycles. The van der Waals surface area contributed by atoms with Crippen LogP contribution in [0.5, 0.6) is 0 Å². The second-order valence-corrected chi connectivity index (χ2v) is 3.69. The highest BCUT2D eigenvalue weighted by Gasteiger charge is 2.12. The Morgan fingerprint density at radius 1 is 1.31 bits per heavy atom. The van der Waals surface area contributed by atoms with Gasteiger partial charge in [-0.15, -0.1) is 0 Å². The summed E-state index contributed by atoms with van der Waals surface area (Å²) >= 11 is 0. The number of hydrogen-bond donors (Lipinski definition) is 1. The molecule has 3 heteroatoms. The van der Waals surface area contributed by atoms with E-state index in [-0.39, 0.29) is 5.82 Å². The molecule has 0 spiro atoms. The predicted molar refractivity (Wildman–Crippen MR) is 59.4 cm³/mol. The molecule has 1 unspecified atom stereocenters. The average molecular weight is 217 g/mol. The zero-order valence-electron chi connectivity index (χ0n) is 8.89. The highest BCUT2D eigenvalue weighted by Crippen LogP contribution is 2.24. The van der Waals surface area contributed by atoms with Crippen LogP contribution < -0.4 is 0 Å². The molecule has 1 aromatic heterocycles. The number of aliphatic hydroxyl groups is 1. The number of hydrogen-bond acceptors (Lipinski definition) is 2. The zero-order valence-corrected chi connectivity index (χ0v) is 8.89. The smallest absolute Gasteiger partial charge is 0.123 e. The molecule has 1 N–H and O–H groups in total. The lowest BCUT2D eigenvalue weighted by atomic mass is 9.99. The first-order valence-corrected chi connectivity index (χ1v) is 5.02. The Morgan fingerprint density at radius 3 is 2.75 bits per heavy atom. The van der Waals surface area contributed by atoms with Gasteiger partial charge < -0.3 is 5.11 Å². The normalized spacial score (nSPS) is 12.4. The molecule has 0 amide bonds. The van der Waals surface area contributed by atoms with Gasteiger partial charge in [-0.1, -0.05) is 12.1 Å². The molecule has 0 aliphatic carbocycles. The molecule has 82 valence electrons. The van der Waals surface area contributed by atoms with Crippen LogP contribution in [0.3, 0.4) is 0 Å². The Morgan fingerprint density at radius 2 is 2.12 bits per heavy atom. The van der Waals surface area contributed by atoms with Crippen molar-refractivity contribution < 1.29 is 9.50 Å². The number of aliphatic hydroxyl groups excluding tert-OH is 1. The minimum atomic E-state index is -0.755. The first-order chi connectivity index (χ1) is 7.68. The zero-order chi connectivity index (χ0) is 11.5. The molecule has 0 radical (unpaired) electrons. The van der Waals surface area contributed by atoms with E-state index in [1.807, 2.05) is 0 Å². The lowest BCUT2D eigenvalue weighted by molar-refractivity contribution is 0.219. The average Bonchev–Trinajstić information content (AvgIpc) is 2.29. The topological polar surface area (TPSA) is 33.1 Å². The first-order valence-electron chi connectivity index (χ1n) is 5.02. The molecule has 0 aliphatic rings. The number of aromatic nitrogens is 1. The highest BCUT2D eigenvalue weighted by molar-refractivity contribution is 5.34. The monoisotopic (exact) mass is 217 g/mol. The van der Waals surface area contributed by atoms with E-state index >= 15 is 0 Å². The van der Waals surface area contributed by atoms with Crippen molar-refractivity contribution in [1.29, 1.82) is 0 Å². The maximum atomic E-state index is 12.9. The van der Waals surface area contributed by atoms with Crippen molar-refractivity contribution in [3.8, 4) is 0 Å². The van der Waals surface area contributed by atoms with Crippen LogP contribution in [-0.4, -0.2) is 10.1 Å².